The van der Waals surface area contributed by atoms with Crippen molar-refractivity contribution >= 4 is 11.6 Å². The standard InChI is InChI=1S/C15H24N2O3/c1-15(2,3)9-10(16)7-14(19)17-12-8-11(20-4)5-6-13(12)18/h5-6,8,10,18H,7,9,16H2,1-4H3,(H,17,19). The maximum atomic E-state index is 11.9. The quantitative estimate of drug-likeness (QED) is 0.723. The number of nitrogens with one attached hydrogen (secondary N) is 1. The summed E-state index contributed by atoms with van der Waals surface area (Å²) in [6, 6.07) is 4.46. The number of anilines is 1. The first-order valence-electron chi connectivity index (χ1n) is 6.64. The fraction of sp³-hybridized carbons (Fsp3) is 0.533. The van der Waals surface area contributed by atoms with Crippen LogP contribution in [-0.2, 0) is 4.79 Å². The molecule has 0 radical (unpaired) electrons. The van der Waals surface area contributed by atoms with Gasteiger partial charge in [0.1, 0.15) is 11.5 Å². The monoisotopic (exact) mass is 280 g/mol. The topological polar surface area (TPSA) is 84.6 Å². The summed E-state index contributed by atoms with van der Waals surface area (Å²) in [4.78, 5) is 11.9. The summed E-state index contributed by atoms with van der Waals surface area (Å²) >= 11 is 0. The average molecular weight is 280 g/mol. The van der Waals surface area contributed by atoms with Crippen molar-refractivity contribution < 1.29 is 14.6 Å². The minimum Gasteiger partial charge on any atom is -0.506 e. The normalized spacial score (nSPS) is 12.8. The Labute approximate surface area is 120 Å². The van der Waals surface area contributed by atoms with Gasteiger partial charge in [-0.15, -0.1) is 0 Å². The highest BCUT2D eigenvalue weighted by molar-refractivity contribution is 5.92. The molecule has 0 aliphatic carbocycles. The summed E-state index contributed by atoms with van der Waals surface area (Å²) < 4.78 is 5.05. The second kappa shape index (κ2) is 6.61. The van der Waals surface area contributed by atoms with Crippen molar-refractivity contribution in [3.05, 3.63) is 18.2 Å². The Morgan fingerprint density at radius 1 is 1.45 bits per heavy atom. The minimum absolute atomic E-state index is 0.00328. The lowest BCUT2D eigenvalue weighted by Gasteiger charge is -2.22. The van der Waals surface area contributed by atoms with Crippen molar-refractivity contribution in [1.29, 1.82) is 0 Å². The number of phenols is 1. The zero-order valence-corrected chi connectivity index (χ0v) is 12.6. The molecule has 0 spiro atoms. The van der Waals surface area contributed by atoms with Gasteiger partial charge in [-0.2, -0.15) is 0 Å². The number of methoxy groups -OCH3 is 1. The van der Waals surface area contributed by atoms with Crippen LogP contribution in [-0.4, -0.2) is 24.2 Å². The van der Waals surface area contributed by atoms with Crippen LogP contribution in [0.3, 0.4) is 0 Å². The molecule has 0 bridgehead atoms. The largest absolute Gasteiger partial charge is 0.506 e. The Balaban J connectivity index is 2.62. The molecule has 1 aromatic rings. The maximum Gasteiger partial charge on any atom is 0.226 e. The number of hydrogen-bond acceptors (Lipinski definition) is 4. The lowest BCUT2D eigenvalue weighted by atomic mass is 9.87. The van der Waals surface area contributed by atoms with Crippen LogP contribution >= 0.6 is 0 Å². The van der Waals surface area contributed by atoms with Gasteiger partial charge in [0.2, 0.25) is 5.91 Å². The van der Waals surface area contributed by atoms with Gasteiger partial charge in [0.15, 0.2) is 0 Å². The van der Waals surface area contributed by atoms with E-state index in [4.69, 9.17) is 10.5 Å². The molecule has 0 aromatic heterocycles. The van der Waals surface area contributed by atoms with Gasteiger partial charge in [0.05, 0.1) is 12.8 Å². The van der Waals surface area contributed by atoms with E-state index < -0.39 is 0 Å². The zero-order valence-electron chi connectivity index (χ0n) is 12.6. The van der Waals surface area contributed by atoms with E-state index in [0.717, 1.165) is 6.42 Å². The van der Waals surface area contributed by atoms with Gasteiger partial charge in [-0.05, 0) is 24.0 Å². The number of aromatic hydroxyl groups is 1. The molecule has 0 saturated heterocycles. The molecule has 0 heterocycles. The van der Waals surface area contributed by atoms with Crippen LogP contribution in [0.2, 0.25) is 0 Å². The van der Waals surface area contributed by atoms with E-state index >= 15 is 0 Å². The highest BCUT2D eigenvalue weighted by Gasteiger charge is 2.18. The maximum absolute atomic E-state index is 11.9. The first kappa shape index (κ1) is 16.3. The highest BCUT2D eigenvalue weighted by atomic mass is 16.5. The minimum atomic E-state index is -0.217. The summed E-state index contributed by atoms with van der Waals surface area (Å²) in [6.45, 7) is 6.25. The Bertz CT molecular complexity index is 467. The number of hydrogen-bond donors (Lipinski definition) is 3. The van der Waals surface area contributed by atoms with Crippen molar-refractivity contribution in [1.82, 2.24) is 0 Å². The van der Waals surface area contributed by atoms with Gasteiger partial charge in [-0.1, -0.05) is 20.8 Å². The van der Waals surface area contributed by atoms with Crippen molar-refractivity contribution in [2.75, 3.05) is 12.4 Å². The number of rotatable bonds is 5. The molecule has 1 atom stereocenters. The summed E-state index contributed by atoms with van der Waals surface area (Å²) in [7, 11) is 1.53. The van der Waals surface area contributed by atoms with Crippen molar-refractivity contribution in [3.63, 3.8) is 0 Å². The highest BCUT2D eigenvalue weighted by Crippen LogP contribution is 2.28. The molecule has 1 amide bonds. The third-order valence-electron chi connectivity index (χ3n) is 2.80. The lowest BCUT2D eigenvalue weighted by Crippen LogP contribution is -2.31. The number of amides is 1. The molecule has 0 fully saturated rings. The van der Waals surface area contributed by atoms with E-state index in [1.807, 2.05) is 0 Å². The predicted molar refractivity (Wildman–Crippen MR) is 80.0 cm³/mol. The van der Waals surface area contributed by atoms with Crippen LogP contribution in [0.5, 0.6) is 11.5 Å². The van der Waals surface area contributed by atoms with Gasteiger partial charge in [-0.3, -0.25) is 4.79 Å². The fourth-order valence-electron chi connectivity index (χ4n) is 2.04. The smallest absolute Gasteiger partial charge is 0.226 e. The third-order valence-corrected chi connectivity index (χ3v) is 2.80. The van der Waals surface area contributed by atoms with Crippen LogP contribution in [0.4, 0.5) is 5.69 Å². The van der Waals surface area contributed by atoms with Gasteiger partial charge < -0.3 is 20.9 Å². The first-order chi connectivity index (χ1) is 9.21. The van der Waals surface area contributed by atoms with Gasteiger partial charge >= 0.3 is 0 Å². The molecule has 1 aromatic carbocycles. The number of ether oxygens (including phenoxy) is 1. The molecule has 0 saturated carbocycles. The van der Waals surface area contributed by atoms with Crippen LogP contribution in [0.25, 0.3) is 0 Å². The van der Waals surface area contributed by atoms with Gasteiger partial charge in [0, 0.05) is 18.5 Å². The zero-order chi connectivity index (χ0) is 15.3. The van der Waals surface area contributed by atoms with E-state index in [9.17, 15) is 9.90 Å². The number of phenolic OH excluding ortho intramolecular Hbond substituents is 1. The first-order valence-corrected chi connectivity index (χ1v) is 6.64. The molecule has 1 unspecified atom stereocenters. The van der Waals surface area contributed by atoms with Gasteiger partial charge in [-0.25, -0.2) is 0 Å². The molecule has 5 heteroatoms. The second-order valence-corrected chi connectivity index (χ2v) is 6.16. The fourth-order valence-corrected chi connectivity index (χ4v) is 2.04. The second-order valence-electron chi connectivity index (χ2n) is 6.16. The third kappa shape index (κ3) is 5.48. The summed E-state index contributed by atoms with van der Waals surface area (Å²) in [5.41, 5.74) is 6.37. The summed E-state index contributed by atoms with van der Waals surface area (Å²) in [5.74, 6) is 0.353. The average Bonchev–Trinajstić information content (AvgIpc) is 2.29. The lowest BCUT2D eigenvalue weighted by molar-refractivity contribution is -0.116. The number of nitrogens with two attached hydrogens (primary N) is 1. The summed E-state index contributed by atoms with van der Waals surface area (Å²) in [6.07, 6.45) is 0.971. The molecule has 5 nitrogen and oxygen atoms in total. The van der Waals surface area contributed by atoms with Crippen molar-refractivity contribution in [2.24, 2.45) is 11.1 Å². The number of carbonyl (C=O) groups is 1. The summed E-state index contributed by atoms with van der Waals surface area (Å²) in [5, 5.41) is 12.4. The molecule has 20 heavy (non-hydrogen) atoms. The van der Waals surface area contributed by atoms with Crippen molar-refractivity contribution in [2.45, 2.75) is 39.7 Å². The van der Waals surface area contributed by atoms with Gasteiger partial charge in [0.25, 0.3) is 0 Å². The SMILES string of the molecule is COc1ccc(O)c(NC(=O)CC(N)CC(C)(C)C)c1. The number of benzene rings is 1. The molecule has 1 rings (SSSR count). The predicted octanol–water partition coefficient (Wildman–Crippen LogP) is 2.49. The van der Waals surface area contributed by atoms with E-state index in [-0.39, 0.29) is 29.5 Å². The molecular formula is C15H24N2O3. The molecule has 4 N–H and O–H groups in total. The molecule has 112 valence electrons. The Morgan fingerprint density at radius 2 is 2.10 bits per heavy atom. The van der Waals surface area contributed by atoms with E-state index in [1.165, 1.54) is 13.2 Å². The molecule has 0 aliphatic heterocycles. The molecular weight excluding hydrogens is 256 g/mol. The van der Waals surface area contributed by atoms with Crippen LogP contribution < -0.4 is 15.8 Å². The number of carbonyl (C=O) groups excluding carboxylic acids is 1. The van der Waals surface area contributed by atoms with Crippen LogP contribution in [0, 0.1) is 5.41 Å². The van der Waals surface area contributed by atoms with Crippen LogP contribution in [0.15, 0.2) is 18.2 Å². The van der Waals surface area contributed by atoms with E-state index in [2.05, 4.69) is 26.1 Å². The molecule has 0 aliphatic rings. The Morgan fingerprint density at radius 3 is 2.65 bits per heavy atom. The van der Waals surface area contributed by atoms with Crippen LogP contribution in [0.1, 0.15) is 33.6 Å². The van der Waals surface area contributed by atoms with E-state index in [0.29, 0.717) is 11.4 Å². The Kier molecular flexibility index (Phi) is 5.39. The Hall–Kier alpha value is -1.75. The van der Waals surface area contributed by atoms with E-state index in [1.54, 1.807) is 12.1 Å². The van der Waals surface area contributed by atoms with Crippen molar-refractivity contribution in [3.8, 4) is 11.5 Å².